The number of benzene rings is 2. The summed E-state index contributed by atoms with van der Waals surface area (Å²) in [5.74, 6) is 1.98. The largest absolute Gasteiger partial charge is 0.493 e. The number of ether oxygens (including phenoxy) is 1. The molecule has 2 aromatic carbocycles. The van der Waals surface area contributed by atoms with Gasteiger partial charge in [-0.05, 0) is 75.9 Å². The van der Waals surface area contributed by atoms with Crippen LogP contribution in [-0.2, 0) is 20.7 Å². The van der Waals surface area contributed by atoms with Crippen molar-refractivity contribution >= 4 is 61.1 Å². The van der Waals surface area contributed by atoms with E-state index in [1.54, 1.807) is 38.2 Å². The molecule has 0 unspecified atom stereocenters. The molecule has 3 N–H and O–H groups in total. The van der Waals surface area contributed by atoms with Crippen LogP contribution in [0.4, 0.5) is 23.1 Å². The van der Waals surface area contributed by atoms with Gasteiger partial charge in [0.1, 0.15) is 11.6 Å². The predicted octanol–water partition coefficient (Wildman–Crippen LogP) is 6.09. The van der Waals surface area contributed by atoms with E-state index in [4.69, 9.17) is 9.72 Å². The molecule has 0 amide bonds. The molecule has 5 rings (SSSR count). The van der Waals surface area contributed by atoms with Crippen molar-refractivity contribution in [3.8, 4) is 5.75 Å². The third kappa shape index (κ3) is 5.78. The average Bonchev–Trinajstić information content (AvgIpc) is 2.94. The summed E-state index contributed by atoms with van der Waals surface area (Å²) in [4.78, 5) is 9.65. The van der Waals surface area contributed by atoms with E-state index in [0.29, 0.717) is 28.5 Å². The van der Waals surface area contributed by atoms with Crippen molar-refractivity contribution in [2.24, 2.45) is 0 Å². The van der Waals surface area contributed by atoms with Crippen LogP contribution in [0.1, 0.15) is 48.9 Å². The lowest BCUT2D eigenvalue weighted by Gasteiger charge is -2.27. The first kappa shape index (κ1) is 27.9. The fourth-order valence-corrected chi connectivity index (χ4v) is 6.77. The van der Waals surface area contributed by atoms with Gasteiger partial charge in [0.2, 0.25) is 5.95 Å². The molecular weight excluding hydrogens is 625 g/mol. The SMILES string of the molecule is Cc1cc(Nc2ncc(CI)c(Nc3ccccc3S(=O)(=O)C(C)C)n2)c2c(c1C1=CCNCC1)OCCC2. The Kier molecular flexibility index (Phi) is 8.43. The Bertz CT molecular complexity index is 1520. The Morgan fingerprint density at radius 2 is 1.97 bits per heavy atom. The maximum Gasteiger partial charge on any atom is 0.229 e. The summed E-state index contributed by atoms with van der Waals surface area (Å²) in [6.45, 7) is 8.05. The number of anilines is 4. The van der Waals surface area contributed by atoms with Gasteiger partial charge in [0, 0.05) is 39.5 Å². The smallest absolute Gasteiger partial charge is 0.229 e. The van der Waals surface area contributed by atoms with Gasteiger partial charge in [0.25, 0.3) is 0 Å². The number of nitrogens with one attached hydrogen (secondary N) is 3. The molecule has 39 heavy (non-hydrogen) atoms. The van der Waals surface area contributed by atoms with Crippen molar-refractivity contribution in [1.29, 1.82) is 0 Å². The monoisotopic (exact) mass is 659 g/mol. The van der Waals surface area contributed by atoms with Crippen molar-refractivity contribution in [2.45, 2.75) is 54.6 Å². The second-order valence-corrected chi connectivity index (χ2v) is 13.3. The van der Waals surface area contributed by atoms with Crippen LogP contribution in [0, 0.1) is 6.92 Å². The molecule has 0 bridgehead atoms. The highest BCUT2D eigenvalue weighted by Gasteiger charge is 2.25. The molecule has 0 aliphatic carbocycles. The number of hydrogen-bond donors (Lipinski definition) is 3. The molecule has 0 radical (unpaired) electrons. The van der Waals surface area contributed by atoms with E-state index >= 15 is 0 Å². The van der Waals surface area contributed by atoms with Gasteiger partial charge in [0.05, 0.1) is 22.4 Å². The third-order valence-electron chi connectivity index (χ3n) is 7.11. The predicted molar refractivity (Wildman–Crippen MR) is 166 cm³/mol. The summed E-state index contributed by atoms with van der Waals surface area (Å²) < 4.78 is 32.9. The standard InChI is InChI=1S/C29H34IN5O3S/c1-18(2)39(36,37)25-9-5-4-8-23(25)33-28-21(16-30)17-32-29(35-28)34-24-15-19(3)26(20-10-12-31-13-11-20)27-22(24)7-6-14-38-27/h4-5,8-10,15,17-18,31H,6-7,11-14,16H2,1-3H3,(H2,32,33,34,35). The molecule has 10 heteroatoms. The second kappa shape index (κ2) is 11.8. The number of fused-ring (bicyclic) bond motifs is 1. The number of alkyl halides is 1. The first-order chi connectivity index (χ1) is 18.8. The molecule has 0 spiro atoms. The zero-order valence-electron chi connectivity index (χ0n) is 22.5. The summed E-state index contributed by atoms with van der Waals surface area (Å²) in [6.07, 6.45) is 6.89. The first-order valence-electron chi connectivity index (χ1n) is 13.3. The van der Waals surface area contributed by atoms with E-state index < -0.39 is 15.1 Å². The Morgan fingerprint density at radius 3 is 2.72 bits per heavy atom. The summed E-state index contributed by atoms with van der Waals surface area (Å²) in [5, 5.41) is 9.60. The molecule has 3 aromatic rings. The highest BCUT2D eigenvalue weighted by atomic mass is 127. The average molecular weight is 660 g/mol. The van der Waals surface area contributed by atoms with Crippen molar-refractivity contribution in [1.82, 2.24) is 15.3 Å². The Balaban J connectivity index is 1.51. The second-order valence-electron chi connectivity index (χ2n) is 10.1. The summed E-state index contributed by atoms with van der Waals surface area (Å²) in [5.41, 5.74) is 7.17. The van der Waals surface area contributed by atoms with Crippen LogP contribution in [0.5, 0.6) is 5.75 Å². The highest BCUT2D eigenvalue weighted by Crippen LogP contribution is 2.42. The number of aryl methyl sites for hydroxylation is 1. The van der Waals surface area contributed by atoms with Crippen LogP contribution < -0.4 is 20.7 Å². The summed E-state index contributed by atoms with van der Waals surface area (Å²) in [6, 6.07) is 9.13. The van der Waals surface area contributed by atoms with Crippen molar-refractivity contribution in [3.63, 3.8) is 0 Å². The summed E-state index contributed by atoms with van der Waals surface area (Å²) >= 11 is 2.26. The van der Waals surface area contributed by atoms with Gasteiger partial charge >= 0.3 is 0 Å². The Labute approximate surface area is 244 Å². The van der Waals surface area contributed by atoms with Crippen LogP contribution in [0.3, 0.4) is 0 Å². The molecule has 1 aromatic heterocycles. The van der Waals surface area contributed by atoms with E-state index in [1.807, 2.05) is 6.07 Å². The lowest BCUT2D eigenvalue weighted by Crippen LogP contribution is -2.21. The molecule has 3 heterocycles. The van der Waals surface area contributed by atoms with Crippen LogP contribution in [-0.4, -0.2) is 43.3 Å². The number of aromatic nitrogens is 2. The number of rotatable bonds is 8. The van der Waals surface area contributed by atoms with Crippen LogP contribution in [0.15, 0.2) is 47.5 Å². The zero-order chi connectivity index (χ0) is 27.6. The van der Waals surface area contributed by atoms with Crippen LogP contribution in [0.25, 0.3) is 5.57 Å². The molecule has 0 atom stereocenters. The minimum atomic E-state index is -3.48. The Morgan fingerprint density at radius 1 is 1.15 bits per heavy atom. The van der Waals surface area contributed by atoms with Gasteiger partial charge in [-0.25, -0.2) is 13.4 Å². The lowest BCUT2D eigenvalue weighted by molar-refractivity contribution is 0.287. The maximum atomic E-state index is 13.0. The van der Waals surface area contributed by atoms with Gasteiger partial charge in [0.15, 0.2) is 9.84 Å². The molecule has 2 aliphatic rings. The number of sulfone groups is 1. The van der Waals surface area contributed by atoms with Gasteiger partial charge < -0.3 is 20.7 Å². The van der Waals surface area contributed by atoms with E-state index in [9.17, 15) is 8.42 Å². The highest BCUT2D eigenvalue weighted by molar-refractivity contribution is 14.1. The molecular formula is C29H34IN5O3S. The zero-order valence-corrected chi connectivity index (χ0v) is 25.4. The quantitative estimate of drug-likeness (QED) is 0.197. The van der Waals surface area contributed by atoms with Crippen molar-refractivity contribution in [3.05, 3.63) is 64.9 Å². The number of hydrogen-bond acceptors (Lipinski definition) is 8. The van der Waals surface area contributed by atoms with E-state index in [-0.39, 0.29) is 4.90 Å². The van der Waals surface area contributed by atoms with Gasteiger partial charge in [-0.3, -0.25) is 0 Å². The van der Waals surface area contributed by atoms with E-state index in [2.05, 4.69) is 62.6 Å². The fourth-order valence-electron chi connectivity index (χ4n) is 5.01. The molecule has 206 valence electrons. The van der Waals surface area contributed by atoms with Gasteiger partial charge in [-0.15, -0.1) is 0 Å². The maximum absolute atomic E-state index is 13.0. The van der Waals surface area contributed by atoms with Crippen molar-refractivity contribution < 1.29 is 13.2 Å². The molecule has 0 saturated heterocycles. The van der Waals surface area contributed by atoms with Crippen LogP contribution >= 0.6 is 22.6 Å². The number of para-hydroxylation sites is 1. The minimum absolute atomic E-state index is 0.261. The first-order valence-corrected chi connectivity index (χ1v) is 16.3. The molecule has 0 saturated carbocycles. The summed E-state index contributed by atoms with van der Waals surface area (Å²) in [7, 11) is -3.48. The number of halogens is 1. The topological polar surface area (TPSA) is 105 Å². The van der Waals surface area contributed by atoms with Crippen LogP contribution in [0.2, 0.25) is 0 Å². The minimum Gasteiger partial charge on any atom is -0.493 e. The Hall–Kier alpha value is -2.70. The third-order valence-corrected chi connectivity index (χ3v) is 10.1. The van der Waals surface area contributed by atoms with Crippen molar-refractivity contribution in [2.75, 3.05) is 30.3 Å². The number of nitrogens with zero attached hydrogens (tertiary/aromatic N) is 2. The normalized spacial score (nSPS) is 15.4. The molecule has 0 fully saturated rings. The van der Waals surface area contributed by atoms with E-state index in [1.165, 1.54) is 11.1 Å². The van der Waals surface area contributed by atoms with Gasteiger partial charge in [-0.2, -0.15) is 4.98 Å². The van der Waals surface area contributed by atoms with Gasteiger partial charge in [-0.1, -0.05) is 40.8 Å². The lowest BCUT2D eigenvalue weighted by atomic mass is 9.89. The molecule has 8 nitrogen and oxygen atoms in total. The fraction of sp³-hybridized carbons (Fsp3) is 0.379. The van der Waals surface area contributed by atoms with E-state index in [0.717, 1.165) is 60.5 Å². The molecule has 2 aliphatic heterocycles.